The maximum atomic E-state index is 5.95. The van der Waals surface area contributed by atoms with Gasteiger partial charge in [0.05, 0.1) is 12.2 Å². The van der Waals surface area contributed by atoms with Gasteiger partial charge in [-0.25, -0.2) is 0 Å². The van der Waals surface area contributed by atoms with Crippen LogP contribution in [0.15, 0.2) is 0 Å². The average Bonchev–Trinajstić information content (AvgIpc) is 2.71. The lowest BCUT2D eigenvalue weighted by Crippen LogP contribution is -2.46. The van der Waals surface area contributed by atoms with Crippen LogP contribution >= 0.6 is 0 Å². The van der Waals surface area contributed by atoms with Crippen molar-refractivity contribution in [3.63, 3.8) is 0 Å². The van der Waals surface area contributed by atoms with E-state index >= 15 is 0 Å². The lowest BCUT2D eigenvalue weighted by molar-refractivity contribution is 0.0722. The zero-order valence-corrected chi connectivity index (χ0v) is 9.04. The molecule has 3 fully saturated rings. The molecule has 4 atom stereocenters. The summed E-state index contributed by atoms with van der Waals surface area (Å²) in [5, 5.41) is 3.55. The van der Waals surface area contributed by atoms with Gasteiger partial charge in [-0.1, -0.05) is 6.42 Å². The van der Waals surface area contributed by atoms with Gasteiger partial charge in [0.1, 0.15) is 0 Å². The highest BCUT2D eigenvalue weighted by Crippen LogP contribution is 2.44. The average molecular weight is 195 g/mol. The minimum Gasteiger partial charge on any atom is -0.375 e. The normalized spacial score (nSPS) is 43.9. The van der Waals surface area contributed by atoms with E-state index < -0.39 is 0 Å². The van der Waals surface area contributed by atoms with Crippen molar-refractivity contribution in [1.29, 1.82) is 0 Å². The van der Waals surface area contributed by atoms with Crippen LogP contribution in [-0.4, -0.2) is 25.3 Å². The fraction of sp³-hybridized carbons (Fsp3) is 1.00. The molecule has 0 spiro atoms. The Balaban J connectivity index is 1.67. The molecule has 0 radical (unpaired) electrons. The smallest absolute Gasteiger partial charge is 0.0623 e. The van der Waals surface area contributed by atoms with Crippen molar-refractivity contribution < 1.29 is 4.74 Å². The minimum absolute atomic E-state index is 0.595. The summed E-state index contributed by atoms with van der Waals surface area (Å²) < 4.78 is 5.95. The summed E-state index contributed by atoms with van der Waals surface area (Å²) in [6.07, 6.45) is 9.51. The zero-order chi connectivity index (χ0) is 9.54. The molecule has 2 saturated heterocycles. The first-order chi connectivity index (χ1) is 6.88. The van der Waals surface area contributed by atoms with Crippen LogP contribution in [0.2, 0.25) is 0 Å². The Bertz CT molecular complexity index is 214. The molecule has 2 bridgehead atoms. The largest absolute Gasteiger partial charge is 0.375 e. The second kappa shape index (κ2) is 3.49. The highest BCUT2D eigenvalue weighted by Gasteiger charge is 2.46. The van der Waals surface area contributed by atoms with E-state index in [1.165, 1.54) is 38.5 Å². The lowest BCUT2D eigenvalue weighted by Gasteiger charge is -2.39. The van der Waals surface area contributed by atoms with Crippen molar-refractivity contribution in [3.05, 3.63) is 0 Å². The Morgan fingerprint density at radius 1 is 1.21 bits per heavy atom. The van der Waals surface area contributed by atoms with E-state index in [0.29, 0.717) is 12.2 Å². The second-order valence-corrected chi connectivity index (χ2v) is 5.28. The Morgan fingerprint density at radius 2 is 2.07 bits per heavy atom. The minimum atomic E-state index is 0.595. The van der Waals surface area contributed by atoms with Gasteiger partial charge in [0.15, 0.2) is 0 Å². The molecule has 3 aliphatic rings. The number of hydrogen-bond acceptors (Lipinski definition) is 2. The zero-order valence-electron chi connectivity index (χ0n) is 9.04. The molecule has 2 heteroatoms. The molecule has 80 valence electrons. The third kappa shape index (κ3) is 1.31. The van der Waals surface area contributed by atoms with Gasteiger partial charge in [0.2, 0.25) is 0 Å². The second-order valence-electron chi connectivity index (χ2n) is 5.28. The first kappa shape index (κ1) is 9.17. The van der Waals surface area contributed by atoms with E-state index in [1.54, 1.807) is 0 Å². The van der Waals surface area contributed by atoms with Crippen LogP contribution in [-0.2, 0) is 4.74 Å². The molecule has 2 heterocycles. The molecule has 1 N–H and O–H groups in total. The van der Waals surface area contributed by atoms with Crippen molar-refractivity contribution in [1.82, 2.24) is 5.32 Å². The van der Waals surface area contributed by atoms with Gasteiger partial charge in [0, 0.05) is 12.0 Å². The summed E-state index contributed by atoms with van der Waals surface area (Å²) in [7, 11) is 2.13. The molecule has 2 nitrogen and oxygen atoms in total. The summed E-state index contributed by atoms with van der Waals surface area (Å²) in [6, 6.07) is 0.749. The Kier molecular flexibility index (Phi) is 2.29. The van der Waals surface area contributed by atoms with E-state index in [1.807, 2.05) is 0 Å². The molecule has 0 aromatic rings. The molecule has 0 amide bonds. The first-order valence-corrected chi connectivity index (χ1v) is 6.21. The first-order valence-electron chi connectivity index (χ1n) is 6.21. The van der Waals surface area contributed by atoms with Crippen molar-refractivity contribution >= 4 is 0 Å². The number of nitrogens with one attached hydrogen (secondary N) is 1. The summed E-state index contributed by atoms with van der Waals surface area (Å²) >= 11 is 0. The van der Waals surface area contributed by atoms with Crippen LogP contribution < -0.4 is 5.32 Å². The van der Waals surface area contributed by atoms with Crippen molar-refractivity contribution in [2.75, 3.05) is 7.05 Å². The quantitative estimate of drug-likeness (QED) is 0.743. The molecule has 0 aromatic carbocycles. The number of ether oxygens (including phenoxy) is 1. The SMILES string of the molecule is CNC(C1CCC1)C1CC2CCC1O2. The van der Waals surface area contributed by atoms with Gasteiger partial charge in [-0.15, -0.1) is 0 Å². The van der Waals surface area contributed by atoms with Crippen LogP contribution in [0, 0.1) is 11.8 Å². The third-order valence-electron chi connectivity index (χ3n) is 4.61. The van der Waals surface area contributed by atoms with Crippen LogP contribution in [0.25, 0.3) is 0 Å². The van der Waals surface area contributed by atoms with Gasteiger partial charge >= 0.3 is 0 Å². The molecular formula is C12H21NO. The molecule has 14 heavy (non-hydrogen) atoms. The van der Waals surface area contributed by atoms with Gasteiger partial charge in [-0.3, -0.25) is 0 Å². The standard InChI is InChI=1S/C12H21NO/c1-13-12(8-3-2-4-8)10-7-9-5-6-11(10)14-9/h8-13H,2-7H2,1H3. The van der Waals surface area contributed by atoms with Gasteiger partial charge in [0.25, 0.3) is 0 Å². The topological polar surface area (TPSA) is 21.3 Å². The van der Waals surface area contributed by atoms with Crippen LogP contribution in [0.1, 0.15) is 38.5 Å². The molecular weight excluding hydrogens is 174 g/mol. The van der Waals surface area contributed by atoms with Crippen LogP contribution in [0.5, 0.6) is 0 Å². The van der Waals surface area contributed by atoms with E-state index in [0.717, 1.165) is 17.9 Å². The van der Waals surface area contributed by atoms with Crippen LogP contribution in [0.4, 0.5) is 0 Å². The Labute approximate surface area is 86.4 Å². The maximum absolute atomic E-state index is 5.95. The fourth-order valence-corrected chi connectivity index (χ4v) is 3.65. The van der Waals surface area contributed by atoms with E-state index in [2.05, 4.69) is 12.4 Å². The predicted molar refractivity (Wildman–Crippen MR) is 56.2 cm³/mol. The summed E-state index contributed by atoms with van der Waals surface area (Å²) in [6.45, 7) is 0. The van der Waals surface area contributed by atoms with E-state index in [-0.39, 0.29) is 0 Å². The number of fused-ring (bicyclic) bond motifs is 2. The molecule has 1 aliphatic carbocycles. The van der Waals surface area contributed by atoms with Crippen molar-refractivity contribution in [2.45, 2.75) is 56.8 Å². The monoisotopic (exact) mass is 195 g/mol. The van der Waals surface area contributed by atoms with E-state index in [4.69, 9.17) is 4.74 Å². The lowest BCUT2D eigenvalue weighted by atomic mass is 9.71. The van der Waals surface area contributed by atoms with Crippen LogP contribution in [0.3, 0.4) is 0 Å². The number of hydrogen-bond donors (Lipinski definition) is 1. The van der Waals surface area contributed by atoms with Crippen molar-refractivity contribution in [3.8, 4) is 0 Å². The molecule has 1 saturated carbocycles. The maximum Gasteiger partial charge on any atom is 0.0623 e. The molecule has 0 aromatic heterocycles. The number of rotatable bonds is 3. The fourth-order valence-electron chi connectivity index (χ4n) is 3.65. The predicted octanol–water partition coefficient (Wildman–Crippen LogP) is 1.94. The summed E-state index contributed by atoms with van der Waals surface area (Å²) in [5.74, 6) is 1.77. The Hall–Kier alpha value is -0.0800. The highest BCUT2D eigenvalue weighted by molar-refractivity contribution is 4.98. The van der Waals surface area contributed by atoms with Gasteiger partial charge in [-0.05, 0) is 45.1 Å². The summed E-state index contributed by atoms with van der Waals surface area (Å²) in [5.41, 5.74) is 0. The van der Waals surface area contributed by atoms with Crippen molar-refractivity contribution in [2.24, 2.45) is 11.8 Å². The van der Waals surface area contributed by atoms with Gasteiger partial charge < -0.3 is 10.1 Å². The summed E-state index contributed by atoms with van der Waals surface area (Å²) in [4.78, 5) is 0. The highest BCUT2D eigenvalue weighted by atomic mass is 16.5. The van der Waals surface area contributed by atoms with E-state index in [9.17, 15) is 0 Å². The third-order valence-corrected chi connectivity index (χ3v) is 4.61. The molecule has 4 unspecified atom stereocenters. The molecule has 2 aliphatic heterocycles. The molecule has 3 rings (SSSR count). The Morgan fingerprint density at radius 3 is 2.50 bits per heavy atom. The van der Waals surface area contributed by atoms with Gasteiger partial charge in [-0.2, -0.15) is 0 Å².